The summed E-state index contributed by atoms with van der Waals surface area (Å²) >= 11 is 1.70. The van der Waals surface area contributed by atoms with Crippen molar-refractivity contribution in [2.24, 2.45) is 0 Å². The maximum atomic E-state index is 13.4. The van der Waals surface area contributed by atoms with Gasteiger partial charge >= 0.3 is 0 Å². The van der Waals surface area contributed by atoms with Gasteiger partial charge in [0.2, 0.25) is 5.91 Å². The minimum absolute atomic E-state index is 0.0256. The van der Waals surface area contributed by atoms with Crippen LogP contribution in [0.2, 0.25) is 0 Å². The lowest BCUT2D eigenvalue weighted by atomic mass is 10.0. The lowest BCUT2D eigenvalue weighted by molar-refractivity contribution is -0.131. The first-order valence-corrected chi connectivity index (χ1v) is 7.69. The Kier molecular flexibility index (Phi) is 4.70. The Bertz CT molecular complexity index is 499. The third-order valence-corrected chi connectivity index (χ3v) is 4.11. The van der Waals surface area contributed by atoms with Crippen molar-refractivity contribution >= 4 is 17.7 Å². The van der Waals surface area contributed by atoms with E-state index in [1.165, 1.54) is 12.1 Å². The second-order valence-electron chi connectivity index (χ2n) is 5.84. The molecule has 110 valence electrons. The molecule has 3 nitrogen and oxygen atoms in total. The van der Waals surface area contributed by atoms with Gasteiger partial charge in [0.1, 0.15) is 12.4 Å². The molecule has 1 aliphatic heterocycles. The molecule has 0 radical (unpaired) electrons. The van der Waals surface area contributed by atoms with E-state index in [0.29, 0.717) is 0 Å². The number of rotatable bonds is 3. The zero-order chi connectivity index (χ0) is 14.8. The number of benzene rings is 1. The van der Waals surface area contributed by atoms with Crippen LogP contribution in [0, 0.1) is 5.82 Å². The molecule has 0 fully saturated rings. The number of thioether (sulfide) groups is 1. The monoisotopic (exact) mass is 297 g/mol. The van der Waals surface area contributed by atoms with Crippen molar-refractivity contribution in [3.05, 3.63) is 29.6 Å². The van der Waals surface area contributed by atoms with Crippen LogP contribution >= 0.6 is 11.8 Å². The summed E-state index contributed by atoms with van der Waals surface area (Å²) in [6.45, 7) is 5.74. The number of hydrogen-bond acceptors (Lipinski definition) is 3. The van der Waals surface area contributed by atoms with Crippen molar-refractivity contribution in [2.75, 3.05) is 12.4 Å². The van der Waals surface area contributed by atoms with Crippen molar-refractivity contribution < 1.29 is 13.9 Å². The van der Waals surface area contributed by atoms with E-state index in [-0.39, 0.29) is 30.0 Å². The normalized spacial score (nSPS) is 18.5. The van der Waals surface area contributed by atoms with Crippen molar-refractivity contribution in [1.29, 1.82) is 0 Å². The zero-order valence-electron chi connectivity index (χ0n) is 12.0. The molecule has 0 bridgehead atoms. The Balaban J connectivity index is 2.01. The van der Waals surface area contributed by atoms with Gasteiger partial charge < -0.3 is 10.1 Å². The molecule has 0 saturated carbocycles. The second kappa shape index (κ2) is 6.14. The van der Waals surface area contributed by atoms with Crippen LogP contribution in [-0.4, -0.2) is 23.9 Å². The molecular weight excluding hydrogens is 277 g/mol. The lowest BCUT2D eigenvalue weighted by Gasteiger charge is -2.27. The van der Waals surface area contributed by atoms with Gasteiger partial charge in [-0.1, -0.05) is 0 Å². The van der Waals surface area contributed by atoms with Gasteiger partial charge in [-0.15, -0.1) is 11.8 Å². The molecule has 1 amide bonds. The van der Waals surface area contributed by atoms with Crippen molar-refractivity contribution in [1.82, 2.24) is 5.32 Å². The molecule has 5 heteroatoms. The van der Waals surface area contributed by atoms with Gasteiger partial charge in [0.25, 0.3) is 0 Å². The molecule has 0 spiro atoms. The van der Waals surface area contributed by atoms with E-state index in [4.69, 9.17) is 4.74 Å². The van der Waals surface area contributed by atoms with Crippen LogP contribution in [0.25, 0.3) is 0 Å². The van der Waals surface area contributed by atoms with E-state index in [9.17, 15) is 9.18 Å². The van der Waals surface area contributed by atoms with Crippen LogP contribution in [-0.2, 0) is 9.53 Å². The second-order valence-corrected chi connectivity index (χ2v) is 6.98. The molecular formula is C15H20FNO2S. The first-order chi connectivity index (χ1) is 9.35. The Hall–Kier alpha value is -1.07. The van der Waals surface area contributed by atoms with Crippen LogP contribution in [0.15, 0.2) is 23.1 Å². The number of carbonyl (C=O) groups excluding carboxylic acids is 1. The van der Waals surface area contributed by atoms with Gasteiger partial charge in [-0.3, -0.25) is 4.79 Å². The van der Waals surface area contributed by atoms with Crippen LogP contribution in [0.4, 0.5) is 4.39 Å². The van der Waals surface area contributed by atoms with Gasteiger partial charge in [-0.2, -0.15) is 0 Å². The van der Waals surface area contributed by atoms with Crippen LogP contribution in [0.5, 0.6) is 0 Å². The molecule has 0 aromatic heterocycles. The summed E-state index contributed by atoms with van der Waals surface area (Å²) in [6.07, 6.45) is 0.808. The smallest absolute Gasteiger partial charge is 0.246 e. The Morgan fingerprint density at radius 2 is 2.25 bits per heavy atom. The minimum Gasteiger partial charge on any atom is -0.366 e. The quantitative estimate of drug-likeness (QED) is 0.930. The van der Waals surface area contributed by atoms with E-state index >= 15 is 0 Å². The summed E-state index contributed by atoms with van der Waals surface area (Å²) in [7, 11) is 0. The van der Waals surface area contributed by atoms with Gasteiger partial charge in [0.05, 0.1) is 11.6 Å². The van der Waals surface area contributed by atoms with E-state index in [0.717, 1.165) is 22.6 Å². The SMILES string of the molecule is CC(C)(C)OCC(=O)NC1CCSc2ccc(F)cc21. The molecule has 1 aliphatic rings. The summed E-state index contributed by atoms with van der Waals surface area (Å²) in [5.74, 6) is 0.493. The minimum atomic E-state index is -0.343. The fourth-order valence-electron chi connectivity index (χ4n) is 2.03. The Morgan fingerprint density at radius 1 is 1.50 bits per heavy atom. The molecule has 1 unspecified atom stereocenters. The molecule has 1 aromatic carbocycles. The summed E-state index contributed by atoms with van der Waals surface area (Å²) in [4.78, 5) is 13.0. The maximum absolute atomic E-state index is 13.4. The highest BCUT2D eigenvalue weighted by atomic mass is 32.2. The standard InChI is InChI=1S/C15H20FNO2S/c1-15(2,3)19-9-14(18)17-12-6-7-20-13-5-4-10(16)8-11(12)13/h4-5,8,12H,6-7,9H2,1-3H3,(H,17,18). The first-order valence-electron chi connectivity index (χ1n) is 6.71. The average Bonchev–Trinajstić information content (AvgIpc) is 2.36. The van der Waals surface area contributed by atoms with Gasteiger partial charge in [0.15, 0.2) is 0 Å². The largest absolute Gasteiger partial charge is 0.366 e. The zero-order valence-corrected chi connectivity index (χ0v) is 12.8. The van der Waals surface area contributed by atoms with Gasteiger partial charge in [0, 0.05) is 10.6 Å². The predicted molar refractivity (Wildman–Crippen MR) is 78.3 cm³/mol. The highest BCUT2D eigenvalue weighted by Crippen LogP contribution is 2.36. The fraction of sp³-hybridized carbons (Fsp3) is 0.533. The molecule has 1 N–H and O–H groups in total. The molecule has 1 aromatic rings. The van der Waals surface area contributed by atoms with Crippen molar-refractivity contribution in [2.45, 2.75) is 43.7 Å². The maximum Gasteiger partial charge on any atom is 0.246 e. The van der Waals surface area contributed by atoms with Gasteiger partial charge in [-0.05, 0) is 51.0 Å². The lowest BCUT2D eigenvalue weighted by Crippen LogP contribution is -2.35. The topological polar surface area (TPSA) is 38.3 Å². The Morgan fingerprint density at radius 3 is 2.95 bits per heavy atom. The summed E-state index contributed by atoms with van der Waals surface area (Å²) in [5.41, 5.74) is 0.523. The molecule has 20 heavy (non-hydrogen) atoms. The van der Waals surface area contributed by atoms with Crippen LogP contribution < -0.4 is 5.32 Å². The molecule has 0 saturated heterocycles. The molecule has 0 aliphatic carbocycles. The van der Waals surface area contributed by atoms with E-state index in [1.54, 1.807) is 17.8 Å². The van der Waals surface area contributed by atoms with Crippen molar-refractivity contribution in [3.8, 4) is 0 Å². The Labute approximate surface area is 123 Å². The summed E-state index contributed by atoms with van der Waals surface area (Å²) < 4.78 is 18.8. The van der Waals surface area contributed by atoms with Crippen molar-refractivity contribution in [3.63, 3.8) is 0 Å². The first kappa shape index (κ1) is 15.3. The molecule has 1 heterocycles. The van der Waals surface area contributed by atoms with Crippen LogP contribution in [0.1, 0.15) is 38.8 Å². The fourth-order valence-corrected chi connectivity index (χ4v) is 3.14. The number of fused-ring (bicyclic) bond motifs is 1. The van der Waals surface area contributed by atoms with Crippen LogP contribution in [0.3, 0.4) is 0 Å². The number of amides is 1. The summed E-state index contributed by atoms with van der Waals surface area (Å²) in [5, 5.41) is 2.93. The number of ether oxygens (including phenoxy) is 1. The highest BCUT2D eigenvalue weighted by molar-refractivity contribution is 7.99. The number of carbonyl (C=O) groups is 1. The highest BCUT2D eigenvalue weighted by Gasteiger charge is 2.23. The number of nitrogens with one attached hydrogen (secondary N) is 1. The van der Waals surface area contributed by atoms with E-state index < -0.39 is 0 Å². The third-order valence-electron chi connectivity index (χ3n) is 2.98. The predicted octanol–water partition coefficient (Wildman–Crippen LogP) is 3.29. The summed E-state index contributed by atoms with van der Waals surface area (Å²) in [6, 6.07) is 4.62. The molecule has 2 rings (SSSR count). The third kappa shape index (κ3) is 4.21. The average molecular weight is 297 g/mol. The molecule has 1 atom stereocenters. The number of hydrogen-bond donors (Lipinski definition) is 1. The van der Waals surface area contributed by atoms with Gasteiger partial charge in [-0.25, -0.2) is 4.39 Å². The van der Waals surface area contributed by atoms with E-state index in [2.05, 4.69) is 5.32 Å². The van der Waals surface area contributed by atoms with E-state index in [1.807, 2.05) is 20.8 Å². The number of halogens is 1.